The van der Waals surface area contributed by atoms with Crippen molar-refractivity contribution in [2.24, 2.45) is 4.99 Å². The molecule has 2 heterocycles. The highest BCUT2D eigenvalue weighted by Crippen LogP contribution is 2.19. The Balaban J connectivity index is 0.00000341. The van der Waals surface area contributed by atoms with Crippen molar-refractivity contribution >= 4 is 35.8 Å². The smallest absolute Gasteiger partial charge is 0.191 e. The van der Waals surface area contributed by atoms with Crippen LogP contribution in [0.1, 0.15) is 25.5 Å². The minimum atomic E-state index is 0. The standard InChI is InChI=1S/C23H33N5O2.HI/c1-17-6-5-7-22(26-17)28-14-12-19(13-15-28)27-23(24-3)25-16-18(2)30-21-10-8-20(29-4)9-11-21;/h5-11,18-19H,12-16H2,1-4H3,(H2,24,25,27);1H. The van der Waals surface area contributed by atoms with Crippen molar-refractivity contribution in [3.8, 4) is 11.5 Å². The van der Waals surface area contributed by atoms with Gasteiger partial charge in [0.2, 0.25) is 0 Å². The highest BCUT2D eigenvalue weighted by Gasteiger charge is 2.21. The number of nitrogens with one attached hydrogen (secondary N) is 2. The summed E-state index contributed by atoms with van der Waals surface area (Å²) in [4.78, 5) is 11.4. The molecule has 2 N–H and O–H groups in total. The Bertz CT molecular complexity index is 823. The number of anilines is 1. The van der Waals surface area contributed by atoms with E-state index in [4.69, 9.17) is 9.47 Å². The first kappa shape index (κ1) is 25.0. The van der Waals surface area contributed by atoms with Crippen LogP contribution in [-0.4, -0.2) is 56.9 Å². The Morgan fingerprint density at radius 3 is 2.45 bits per heavy atom. The molecule has 1 fully saturated rings. The number of aromatic nitrogens is 1. The van der Waals surface area contributed by atoms with Crippen molar-refractivity contribution in [1.82, 2.24) is 15.6 Å². The second-order valence-electron chi connectivity index (χ2n) is 7.60. The molecule has 7 nitrogen and oxygen atoms in total. The van der Waals surface area contributed by atoms with Crippen molar-refractivity contribution in [3.05, 3.63) is 48.2 Å². The zero-order chi connectivity index (χ0) is 21.3. The first-order valence-corrected chi connectivity index (χ1v) is 10.5. The van der Waals surface area contributed by atoms with Gasteiger partial charge in [-0.25, -0.2) is 4.98 Å². The van der Waals surface area contributed by atoms with Crippen LogP contribution >= 0.6 is 24.0 Å². The number of hydrogen-bond acceptors (Lipinski definition) is 5. The second-order valence-corrected chi connectivity index (χ2v) is 7.60. The maximum absolute atomic E-state index is 5.96. The fraction of sp³-hybridized carbons (Fsp3) is 0.478. The largest absolute Gasteiger partial charge is 0.497 e. The lowest BCUT2D eigenvalue weighted by atomic mass is 10.1. The van der Waals surface area contributed by atoms with Crippen molar-refractivity contribution in [1.29, 1.82) is 0 Å². The van der Waals surface area contributed by atoms with E-state index >= 15 is 0 Å². The third-order valence-electron chi connectivity index (χ3n) is 5.21. The van der Waals surface area contributed by atoms with E-state index in [1.165, 1.54) is 0 Å². The maximum Gasteiger partial charge on any atom is 0.191 e. The number of nitrogens with zero attached hydrogens (tertiary/aromatic N) is 3. The third kappa shape index (κ3) is 7.75. The number of aryl methyl sites for hydroxylation is 1. The van der Waals surface area contributed by atoms with Crippen LogP contribution in [0.3, 0.4) is 0 Å². The van der Waals surface area contributed by atoms with E-state index < -0.39 is 0 Å². The Morgan fingerprint density at radius 2 is 1.84 bits per heavy atom. The summed E-state index contributed by atoms with van der Waals surface area (Å²) in [6.45, 7) is 6.71. The summed E-state index contributed by atoms with van der Waals surface area (Å²) in [5, 5.41) is 6.92. The number of benzene rings is 1. The van der Waals surface area contributed by atoms with Gasteiger partial charge >= 0.3 is 0 Å². The number of halogens is 1. The maximum atomic E-state index is 5.96. The van der Waals surface area contributed by atoms with Crippen molar-refractivity contribution in [2.75, 3.05) is 38.7 Å². The molecule has 0 saturated carbocycles. The van der Waals surface area contributed by atoms with Gasteiger partial charge in [0, 0.05) is 31.9 Å². The van der Waals surface area contributed by atoms with Gasteiger partial charge in [-0.3, -0.25) is 4.99 Å². The van der Waals surface area contributed by atoms with Crippen molar-refractivity contribution < 1.29 is 9.47 Å². The van der Waals surface area contributed by atoms with Crippen LogP contribution in [0, 0.1) is 6.92 Å². The molecule has 1 atom stereocenters. The summed E-state index contributed by atoms with van der Waals surface area (Å²) < 4.78 is 11.1. The van der Waals surface area contributed by atoms with E-state index in [9.17, 15) is 0 Å². The quantitative estimate of drug-likeness (QED) is 0.318. The summed E-state index contributed by atoms with van der Waals surface area (Å²) in [5.74, 6) is 3.53. The zero-order valence-corrected chi connectivity index (χ0v) is 21.1. The van der Waals surface area contributed by atoms with Gasteiger partial charge in [-0.05, 0) is 63.1 Å². The first-order valence-electron chi connectivity index (χ1n) is 10.5. The number of aliphatic imine (C=N–C) groups is 1. The summed E-state index contributed by atoms with van der Waals surface area (Å²) in [5.41, 5.74) is 1.06. The van der Waals surface area contributed by atoms with Gasteiger partial charge in [0.15, 0.2) is 5.96 Å². The van der Waals surface area contributed by atoms with Crippen LogP contribution in [0.15, 0.2) is 47.5 Å². The topological polar surface area (TPSA) is 71.0 Å². The second kappa shape index (κ2) is 12.6. The SMILES string of the molecule is CN=C(NCC(C)Oc1ccc(OC)cc1)NC1CCN(c2cccc(C)n2)CC1.I. The van der Waals surface area contributed by atoms with Crippen LogP contribution < -0.4 is 25.0 Å². The number of ether oxygens (including phenoxy) is 2. The van der Waals surface area contributed by atoms with Crippen molar-refractivity contribution in [3.63, 3.8) is 0 Å². The Kier molecular flexibility index (Phi) is 10.2. The molecule has 0 spiro atoms. The highest BCUT2D eigenvalue weighted by atomic mass is 127. The minimum absolute atomic E-state index is 0. The molecule has 1 aromatic heterocycles. The number of pyridine rings is 1. The van der Waals surface area contributed by atoms with Gasteiger partial charge in [0.05, 0.1) is 13.7 Å². The van der Waals surface area contributed by atoms with Gasteiger partial charge in [-0.15, -0.1) is 24.0 Å². The summed E-state index contributed by atoms with van der Waals surface area (Å²) in [6, 6.07) is 14.2. The van der Waals surface area contributed by atoms with E-state index in [0.717, 1.165) is 54.9 Å². The molecule has 170 valence electrons. The van der Waals surface area contributed by atoms with E-state index in [2.05, 4.69) is 37.6 Å². The minimum Gasteiger partial charge on any atom is -0.497 e. The molecule has 1 aliphatic heterocycles. The van der Waals surface area contributed by atoms with E-state index in [-0.39, 0.29) is 30.1 Å². The summed E-state index contributed by atoms with van der Waals surface area (Å²) >= 11 is 0. The van der Waals surface area contributed by atoms with Crippen LogP contribution in [-0.2, 0) is 0 Å². The number of hydrogen-bond donors (Lipinski definition) is 2. The fourth-order valence-electron chi connectivity index (χ4n) is 3.51. The number of piperidine rings is 1. The lowest BCUT2D eigenvalue weighted by Crippen LogP contribution is -2.50. The average Bonchev–Trinajstić information content (AvgIpc) is 2.77. The molecule has 31 heavy (non-hydrogen) atoms. The summed E-state index contributed by atoms with van der Waals surface area (Å²) in [6.07, 6.45) is 2.11. The molecular formula is C23H34IN5O2. The predicted molar refractivity (Wildman–Crippen MR) is 137 cm³/mol. The number of methoxy groups -OCH3 is 1. The highest BCUT2D eigenvalue weighted by molar-refractivity contribution is 14.0. The van der Waals surface area contributed by atoms with E-state index in [0.29, 0.717) is 12.6 Å². The van der Waals surface area contributed by atoms with Gasteiger partial charge in [-0.1, -0.05) is 6.07 Å². The molecule has 1 unspecified atom stereocenters. The predicted octanol–water partition coefficient (Wildman–Crippen LogP) is 3.62. The molecular weight excluding hydrogens is 505 g/mol. The fourth-order valence-corrected chi connectivity index (χ4v) is 3.51. The Morgan fingerprint density at radius 1 is 1.16 bits per heavy atom. The molecule has 0 amide bonds. The molecule has 2 aromatic rings. The number of rotatable bonds is 7. The van der Waals surface area contributed by atoms with Crippen LogP contribution in [0.25, 0.3) is 0 Å². The van der Waals surface area contributed by atoms with Crippen molar-refractivity contribution in [2.45, 2.75) is 38.8 Å². The molecule has 0 radical (unpaired) electrons. The van der Waals surface area contributed by atoms with Crippen LogP contribution in [0.4, 0.5) is 5.82 Å². The zero-order valence-electron chi connectivity index (χ0n) is 18.8. The molecule has 1 saturated heterocycles. The molecule has 1 aliphatic rings. The lowest BCUT2D eigenvalue weighted by Gasteiger charge is -2.34. The third-order valence-corrected chi connectivity index (χ3v) is 5.21. The first-order chi connectivity index (χ1) is 14.6. The molecule has 8 heteroatoms. The van der Waals surface area contributed by atoms with Gasteiger partial charge in [0.1, 0.15) is 23.4 Å². The van der Waals surface area contributed by atoms with Crippen LogP contribution in [0.2, 0.25) is 0 Å². The Hall–Kier alpha value is -2.23. The molecule has 1 aromatic carbocycles. The number of guanidine groups is 1. The van der Waals surface area contributed by atoms with Gasteiger partial charge < -0.3 is 25.0 Å². The normalized spacial score (nSPS) is 15.6. The molecule has 3 rings (SSSR count). The average molecular weight is 539 g/mol. The Labute approximate surface area is 202 Å². The lowest BCUT2D eigenvalue weighted by molar-refractivity contribution is 0.223. The van der Waals surface area contributed by atoms with Gasteiger partial charge in [0.25, 0.3) is 0 Å². The van der Waals surface area contributed by atoms with Gasteiger partial charge in [-0.2, -0.15) is 0 Å². The molecule has 0 aliphatic carbocycles. The monoisotopic (exact) mass is 539 g/mol. The van der Waals surface area contributed by atoms with E-state index in [1.54, 1.807) is 14.2 Å². The summed E-state index contributed by atoms with van der Waals surface area (Å²) in [7, 11) is 3.46. The van der Waals surface area contributed by atoms with Crippen LogP contribution in [0.5, 0.6) is 11.5 Å². The van der Waals surface area contributed by atoms with E-state index in [1.807, 2.05) is 44.2 Å². The molecule has 0 bridgehead atoms.